The smallest absolute Gasteiger partial charge is 0.104 e. The van der Waals surface area contributed by atoms with Gasteiger partial charge in [-0.15, -0.1) is 0 Å². The highest BCUT2D eigenvalue weighted by atomic mass is 35.5. The monoisotopic (exact) mass is 265 g/mol. The Balaban J connectivity index is 3.47. The van der Waals surface area contributed by atoms with Crippen LogP contribution in [0.25, 0.3) is 0 Å². The van der Waals surface area contributed by atoms with Gasteiger partial charge in [0.15, 0.2) is 0 Å². The molecule has 0 bridgehead atoms. The van der Waals surface area contributed by atoms with Gasteiger partial charge in [0, 0.05) is 19.7 Å². The molecule has 0 heterocycles. The summed E-state index contributed by atoms with van der Waals surface area (Å²) in [6.45, 7) is 6.30. The molecule has 18 heavy (non-hydrogen) atoms. The van der Waals surface area contributed by atoms with Crippen molar-refractivity contribution in [2.24, 2.45) is 0 Å². The molecule has 0 aliphatic heterocycles. The summed E-state index contributed by atoms with van der Waals surface area (Å²) in [7, 11) is 3.96. The second kappa shape index (κ2) is 5.65. The minimum absolute atomic E-state index is 0.0137. The average Bonchev–Trinajstić information content (AvgIpc) is 2.23. The molecule has 0 radical (unpaired) electrons. The summed E-state index contributed by atoms with van der Waals surface area (Å²) in [6.07, 6.45) is 0. The molecule has 3 heteroatoms. The van der Waals surface area contributed by atoms with Gasteiger partial charge in [0.2, 0.25) is 0 Å². The summed E-state index contributed by atoms with van der Waals surface area (Å²) in [4.78, 5) is 2.02. The van der Waals surface area contributed by atoms with Crippen LogP contribution in [0, 0.1) is 11.8 Å². The lowest BCUT2D eigenvalue weighted by atomic mass is 9.84. The van der Waals surface area contributed by atoms with Crippen LogP contribution in [-0.2, 0) is 5.41 Å². The highest BCUT2D eigenvalue weighted by Gasteiger charge is 2.21. The SMILES string of the molecule is CN(C)c1c(Cl)cc(C#CCO)cc1C(C)(C)C. The Labute approximate surface area is 115 Å². The number of aliphatic hydroxyl groups is 1. The fourth-order valence-electron chi connectivity index (χ4n) is 1.84. The fourth-order valence-corrected chi connectivity index (χ4v) is 2.23. The maximum absolute atomic E-state index is 8.75. The first kappa shape index (κ1) is 14.9. The predicted molar refractivity (Wildman–Crippen MR) is 78.4 cm³/mol. The average molecular weight is 266 g/mol. The van der Waals surface area contributed by atoms with Crippen molar-refractivity contribution < 1.29 is 5.11 Å². The molecule has 2 nitrogen and oxygen atoms in total. The Morgan fingerprint density at radius 1 is 1.28 bits per heavy atom. The third-order valence-corrected chi connectivity index (χ3v) is 2.92. The van der Waals surface area contributed by atoms with Crippen LogP contribution in [0.15, 0.2) is 12.1 Å². The lowest BCUT2D eigenvalue weighted by Gasteiger charge is -2.28. The quantitative estimate of drug-likeness (QED) is 0.789. The van der Waals surface area contributed by atoms with Crippen LogP contribution in [0.4, 0.5) is 5.69 Å². The van der Waals surface area contributed by atoms with Crippen molar-refractivity contribution in [3.05, 3.63) is 28.3 Å². The van der Waals surface area contributed by atoms with Crippen molar-refractivity contribution in [2.45, 2.75) is 26.2 Å². The van der Waals surface area contributed by atoms with Gasteiger partial charge in [-0.05, 0) is 23.1 Å². The van der Waals surface area contributed by atoms with Crippen LogP contribution in [-0.4, -0.2) is 25.8 Å². The number of nitrogens with zero attached hydrogens (tertiary/aromatic N) is 1. The van der Waals surface area contributed by atoms with Gasteiger partial charge in [-0.25, -0.2) is 0 Å². The Morgan fingerprint density at radius 3 is 2.33 bits per heavy atom. The third-order valence-electron chi connectivity index (χ3n) is 2.63. The number of halogens is 1. The number of rotatable bonds is 1. The van der Waals surface area contributed by atoms with E-state index in [0.29, 0.717) is 5.02 Å². The molecule has 1 aromatic carbocycles. The van der Waals surface area contributed by atoms with Crippen molar-refractivity contribution >= 4 is 17.3 Å². The van der Waals surface area contributed by atoms with Gasteiger partial charge in [-0.1, -0.05) is 44.2 Å². The molecule has 0 aliphatic carbocycles. The molecule has 1 rings (SSSR count). The van der Waals surface area contributed by atoms with Crippen LogP contribution in [0.1, 0.15) is 31.9 Å². The normalized spacial score (nSPS) is 10.8. The second-order valence-electron chi connectivity index (χ2n) is 5.46. The number of benzene rings is 1. The van der Waals surface area contributed by atoms with Crippen LogP contribution in [0.5, 0.6) is 0 Å². The van der Waals surface area contributed by atoms with Gasteiger partial charge in [0.25, 0.3) is 0 Å². The lowest BCUT2D eigenvalue weighted by Crippen LogP contribution is -2.20. The topological polar surface area (TPSA) is 23.5 Å². The molecule has 0 aromatic heterocycles. The van der Waals surface area contributed by atoms with Gasteiger partial charge >= 0.3 is 0 Å². The van der Waals surface area contributed by atoms with E-state index in [4.69, 9.17) is 16.7 Å². The molecule has 0 saturated carbocycles. The van der Waals surface area contributed by atoms with E-state index in [0.717, 1.165) is 16.8 Å². The molecular weight excluding hydrogens is 246 g/mol. The molecular formula is C15H20ClNO. The third kappa shape index (κ3) is 3.41. The van der Waals surface area contributed by atoms with Crippen LogP contribution in [0.2, 0.25) is 5.02 Å². The molecule has 0 aliphatic rings. The molecule has 0 atom stereocenters. The highest BCUT2D eigenvalue weighted by molar-refractivity contribution is 6.33. The van der Waals surface area contributed by atoms with Gasteiger partial charge in [0.05, 0.1) is 10.7 Å². The van der Waals surface area contributed by atoms with Gasteiger partial charge < -0.3 is 10.0 Å². The van der Waals surface area contributed by atoms with Crippen molar-refractivity contribution in [1.82, 2.24) is 0 Å². The van der Waals surface area contributed by atoms with E-state index in [1.54, 1.807) is 0 Å². The molecule has 0 unspecified atom stereocenters. The highest BCUT2D eigenvalue weighted by Crippen LogP contribution is 2.37. The van der Waals surface area contributed by atoms with Crippen LogP contribution >= 0.6 is 11.6 Å². The Kier molecular flexibility index (Phi) is 4.67. The summed E-state index contributed by atoms with van der Waals surface area (Å²) in [6, 6.07) is 3.89. The molecule has 1 N–H and O–H groups in total. The predicted octanol–water partition coefficient (Wildman–Crippen LogP) is 3.05. The number of anilines is 1. The number of hydrogen-bond acceptors (Lipinski definition) is 2. The second-order valence-corrected chi connectivity index (χ2v) is 5.87. The number of aliphatic hydroxyl groups excluding tert-OH is 1. The van der Waals surface area contributed by atoms with E-state index in [-0.39, 0.29) is 12.0 Å². The summed E-state index contributed by atoms with van der Waals surface area (Å²) in [5, 5.41) is 9.44. The van der Waals surface area contributed by atoms with E-state index in [1.807, 2.05) is 31.1 Å². The molecule has 0 saturated heterocycles. The maximum Gasteiger partial charge on any atom is 0.104 e. The van der Waals surface area contributed by atoms with Gasteiger partial charge in [0.1, 0.15) is 6.61 Å². The molecule has 0 fully saturated rings. The first-order valence-electron chi connectivity index (χ1n) is 5.88. The van der Waals surface area contributed by atoms with Crippen LogP contribution < -0.4 is 4.90 Å². The van der Waals surface area contributed by atoms with Crippen molar-refractivity contribution in [1.29, 1.82) is 0 Å². The van der Waals surface area contributed by atoms with Crippen molar-refractivity contribution in [3.63, 3.8) is 0 Å². The minimum Gasteiger partial charge on any atom is -0.384 e. The van der Waals surface area contributed by atoms with Crippen molar-refractivity contribution in [3.8, 4) is 11.8 Å². The lowest BCUT2D eigenvalue weighted by molar-refractivity contribution is 0.350. The fraction of sp³-hybridized carbons (Fsp3) is 0.467. The molecule has 0 amide bonds. The summed E-state index contributed by atoms with van der Waals surface area (Å²) in [5.74, 6) is 5.56. The Hall–Kier alpha value is -1.17. The maximum atomic E-state index is 8.75. The molecule has 1 aromatic rings. The summed E-state index contributed by atoms with van der Waals surface area (Å²) in [5.41, 5.74) is 3.01. The molecule has 0 spiro atoms. The van der Waals surface area contributed by atoms with E-state index in [9.17, 15) is 0 Å². The van der Waals surface area contributed by atoms with Gasteiger partial charge in [-0.2, -0.15) is 0 Å². The van der Waals surface area contributed by atoms with E-state index in [2.05, 4.69) is 32.6 Å². The van der Waals surface area contributed by atoms with Gasteiger partial charge in [-0.3, -0.25) is 0 Å². The zero-order chi connectivity index (χ0) is 13.9. The van der Waals surface area contributed by atoms with Crippen molar-refractivity contribution in [2.75, 3.05) is 25.6 Å². The van der Waals surface area contributed by atoms with E-state index >= 15 is 0 Å². The first-order valence-corrected chi connectivity index (χ1v) is 6.26. The Morgan fingerprint density at radius 2 is 1.89 bits per heavy atom. The summed E-state index contributed by atoms with van der Waals surface area (Å²) < 4.78 is 0. The van der Waals surface area contributed by atoms with E-state index < -0.39 is 0 Å². The zero-order valence-corrected chi connectivity index (χ0v) is 12.4. The summed E-state index contributed by atoms with van der Waals surface area (Å²) >= 11 is 6.34. The van der Waals surface area contributed by atoms with E-state index in [1.165, 1.54) is 0 Å². The standard InChI is InChI=1S/C15H20ClNO/c1-15(2,3)12-9-11(7-6-8-18)10-13(16)14(12)17(4)5/h9-10,18H,8H2,1-5H3. The first-order chi connectivity index (χ1) is 8.27. The number of hydrogen-bond donors (Lipinski definition) is 1. The Bertz CT molecular complexity index is 490. The zero-order valence-electron chi connectivity index (χ0n) is 11.6. The largest absolute Gasteiger partial charge is 0.384 e. The minimum atomic E-state index is -0.141. The molecule has 98 valence electrons. The van der Waals surface area contributed by atoms with Crippen LogP contribution in [0.3, 0.4) is 0 Å².